The first kappa shape index (κ1) is 73.8. The Morgan fingerprint density at radius 1 is 0.506 bits per heavy atom. The number of unbranched alkanes of at least 4 members (excludes halogenated alkanes) is 6. The van der Waals surface area contributed by atoms with Gasteiger partial charge in [-0.1, -0.05) is 25.7 Å². The summed E-state index contributed by atoms with van der Waals surface area (Å²) < 4.78 is 32.4. The zero-order valence-corrected chi connectivity index (χ0v) is 49.9. The minimum atomic E-state index is -0.486. The number of nitrogens with one attached hydrogen (secondary N) is 5. The van der Waals surface area contributed by atoms with Crippen LogP contribution in [0.2, 0.25) is 0 Å². The smallest absolute Gasteiger partial charge is 0.269 e. The number of non-ortho nitro benzene ring substituents is 1. The van der Waals surface area contributed by atoms with E-state index < -0.39 is 4.92 Å². The van der Waals surface area contributed by atoms with Crippen LogP contribution in [0.5, 0.6) is 11.5 Å². The average molecular weight is 1200 g/mol. The van der Waals surface area contributed by atoms with Crippen molar-refractivity contribution in [3.63, 3.8) is 0 Å². The molecule has 0 aliphatic heterocycles. The number of benzene rings is 3. The molecule has 0 saturated carbocycles. The van der Waals surface area contributed by atoms with Gasteiger partial charge in [-0.05, 0) is 75.4 Å². The molecule has 27 nitrogen and oxygen atoms in total. The molecular formula is C58H92N12O15. The van der Waals surface area contributed by atoms with E-state index in [-0.39, 0.29) is 74.1 Å². The molecule has 0 radical (unpaired) electrons. The summed E-state index contributed by atoms with van der Waals surface area (Å²) in [5.41, 5.74) is 8.05. The summed E-state index contributed by atoms with van der Waals surface area (Å²) in [6, 6.07) is 16.5. The van der Waals surface area contributed by atoms with Gasteiger partial charge in [-0.25, -0.2) is 0 Å². The highest BCUT2D eigenvalue weighted by atomic mass is 16.6. The highest BCUT2D eigenvalue weighted by molar-refractivity contribution is 5.84. The number of aliphatic hydroxyl groups excluding tert-OH is 2. The Bertz CT molecular complexity index is 2390. The van der Waals surface area contributed by atoms with Crippen LogP contribution in [0.15, 0.2) is 81.1 Å². The lowest BCUT2D eigenvalue weighted by molar-refractivity contribution is -0.384. The number of rotatable bonds is 48. The third-order valence-corrected chi connectivity index (χ3v) is 12.2. The van der Waals surface area contributed by atoms with Gasteiger partial charge in [0.05, 0.1) is 83.4 Å². The molecule has 0 aliphatic rings. The van der Waals surface area contributed by atoms with Crippen molar-refractivity contribution in [3.8, 4) is 11.5 Å². The van der Waals surface area contributed by atoms with Crippen molar-refractivity contribution in [1.29, 1.82) is 0 Å². The van der Waals surface area contributed by atoms with E-state index in [1.807, 2.05) is 24.3 Å². The highest BCUT2D eigenvalue weighted by Gasteiger charge is 2.14. The molecule has 9 N–H and O–H groups in total. The SMILES string of the molecule is CCN(CCCC(=O)NCCOCCOCCNC(=O)CCC(=O)NCCCCCCO)c1ccc(N=Nc2cc(OC)c(N=Nc3ccc([N+](=O)[O-])cc3)cc2OC)cc1.NCCOCCOCCNC(=O)CCC(=O)NCCCCCCO. The summed E-state index contributed by atoms with van der Waals surface area (Å²) >= 11 is 0. The lowest BCUT2D eigenvalue weighted by Crippen LogP contribution is -2.30. The molecule has 5 amide bonds. The average Bonchev–Trinajstić information content (AvgIpc) is 3.59. The van der Waals surface area contributed by atoms with Crippen LogP contribution in [-0.2, 0) is 42.9 Å². The molecule has 3 aromatic carbocycles. The Hall–Kier alpha value is -7.27. The Labute approximate surface area is 499 Å². The summed E-state index contributed by atoms with van der Waals surface area (Å²) in [5.74, 6) is 0.0954. The first-order valence-corrected chi connectivity index (χ1v) is 29.1. The fourth-order valence-corrected chi connectivity index (χ4v) is 7.56. The maximum absolute atomic E-state index is 12.4. The van der Waals surface area contributed by atoms with E-state index in [4.69, 9.17) is 44.4 Å². The fraction of sp³-hybridized carbons (Fsp3) is 0.603. The maximum atomic E-state index is 12.4. The number of azo groups is 2. The molecule has 0 fully saturated rings. The largest absolute Gasteiger partial charge is 0.494 e. The molecule has 474 valence electrons. The van der Waals surface area contributed by atoms with Crippen molar-refractivity contribution in [2.45, 2.75) is 96.8 Å². The maximum Gasteiger partial charge on any atom is 0.269 e. The number of hydrogen-bond donors (Lipinski definition) is 8. The normalized spacial score (nSPS) is 11.0. The standard InChI is InChI=1S/C42H59N9O10.C16H33N3O5/c1-4-50(24-9-10-40(53)44-22-26-60-28-29-61-27-23-45-42(55)20-19-41(54)43-21-7-5-6-8-25-52)34-15-11-32(12-16-34)46-48-36-30-39(59-3)37(31-38(36)58-2)49-47-33-13-17-35(18-14-33)51(56)57;17-7-11-23-13-14-24-12-9-19-16(22)6-5-15(21)18-8-3-1-2-4-10-20/h11-18,30-31,52H,4-10,19-29H2,1-3H3,(H,43,54)(H,44,53)(H,45,55);20H,1-14,17H2,(H,18,21)(H,19,22). The van der Waals surface area contributed by atoms with Crippen LogP contribution in [-0.4, -0.2) is 177 Å². The molecular weight excluding hydrogens is 1100 g/mol. The van der Waals surface area contributed by atoms with Gasteiger partial charge >= 0.3 is 0 Å². The number of carbonyl (C=O) groups is 5. The van der Waals surface area contributed by atoms with Gasteiger partial charge in [-0.15, -0.1) is 10.2 Å². The Balaban J connectivity index is 0.000000861. The molecule has 0 unspecified atom stereocenters. The third-order valence-electron chi connectivity index (χ3n) is 12.2. The van der Waals surface area contributed by atoms with Crippen molar-refractivity contribution >= 4 is 63.7 Å². The number of amides is 5. The Morgan fingerprint density at radius 2 is 0.882 bits per heavy atom. The van der Waals surface area contributed by atoms with Gasteiger partial charge in [-0.2, -0.15) is 10.2 Å². The van der Waals surface area contributed by atoms with Crippen LogP contribution in [0.4, 0.5) is 34.1 Å². The Kier molecular flexibility index (Phi) is 42.6. The highest BCUT2D eigenvalue weighted by Crippen LogP contribution is 2.41. The summed E-state index contributed by atoms with van der Waals surface area (Å²) in [6.07, 6.45) is 8.82. The van der Waals surface area contributed by atoms with Crippen molar-refractivity contribution in [2.75, 3.05) is 138 Å². The van der Waals surface area contributed by atoms with Crippen molar-refractivity contribution < 1.29 is 67.5 Å². The minimum Gasteiger partial charge on any atom is -0.494 e. The van der Waals surface area contributed by atoms with Crippen LogP contribution in [0.3, 0.4) is 0 Å². The van der Waals surface area contributed by atoms with E-state index in [1.165, 1.54) is 38.5 Å². The minimum absolute atomic E-state index is 0.0446. The second kappa shape index (κ2) is 49.0. The fourth-order valence-electron chi connectivity index (χ4n) is 7.56. The molecule has 3 aromatic rings. The molecule has 0 saturated heterocycles. The number of nitrogens with zero attached hydrogens (tertiary/aromatic N) is 6. The van der Waals surface area contributed by atoms with Gasteiger partial charge < -0.3 is 75.9 Å². The number of ether oxygens (including phenoxy) is 6. The predicted molar refractivity (Wildman–Crippen MR) is 322 cm³/mol. The van der Waals surface area contributed by atoms with Gasteiger partial charge in [0.15, 0.2) is 0 Å². The van der Waals surface area contributed by atoms with E-state index in [1.54, 1.807) is 12.1 Å². The Morgan fingerprint density at radius 3 is 1.26 bits per heavy atom. The van der Waals surface area contributed by atoms with Gasteiger partial charge in [-0.3, -0.25) is 34.1 Å². The lowest BCUT2D eigenvalue weighted by atomic mass is 10.2. The number of hydrogen-bond acceptors (Lipinski definition) is 21. The van der Waals surface area contributed by atoms with E-state index in [2.05, 4.69) is 58.9 Å². The molecule has 27 heteroatoms. The van der Waals surface area contributed by atoms with Gasteiger partial charge in [0.2, 0.25) is 29.5 Å². The number of nitro benzene ring substituents is 1. The molecule has 0 heterocycles. The number of anilines is 1. The molecule has 0 atom stereocenters. The first-order chi connectivity index (χ1) is 41.4. The number of nitro groups is 1. The summed E-state index contributed by atoms with van der Waals surface area (Å²) in [6.45, 7) is 10.00. The third kappa shape index (κ3) is 36.9. The van der Waals surface area contributed by atoms with Crippen LogP contribution >= 0.6 is 0 Å². The van der Waals surface area contributed by atoms with Crippen LogP contribution < -0.4 is 46.7 Å². The predicted octanol–water partition coefficient (Wildman–Crippen LogP) is 6.31. The summed E-state index contributed by atoms with van der Waals surface area (Å²) in [7, 11) is 2.99. The van der Waals surface area contributed by atoms with Crippen molar-refractivity contribution in [1.82, 2.24) is 26.6 Å². The molecule has 0 spiro atoms. The number of carbonyl (C=O) groups excluding carboxylic acids is 5. The van der Waals surface area contributed by atoms with Gasteiger partial charge in [0.1, 0.15) is 22.9 Å². The van der Waals surface area contributed by atoms with Crippen molar-refractivity contribution in [2.24, 2.45) is 26.2 Å². The van der Waals surface area contributed by atoms with Crippen molar-refractivity contribution in [3.05, 3.63) is 70.8 Å². The monoisotopic (exact) mass is 1200 g/mol. The number of methoxy groups -OCH3 is 2. The van der Waals surface area contributed by atoms with Crippen LogP contribution in [0, 0.1) is 10.1 Å². The van der Waals surface area contributed by atoms with Crippen LogP contribution in [0.1, 0.15) is 96.8 Å². The zero-order valence-electron chi connectivity index (χ0n) is 49.9. The second-order valence-electron chi connectivity index (χ2n) is 18.8. The molecule has 0 aromatic heterocycles. The zero-order chi connectivity index (χ0) is 62.0. The second-order valence-corrected chi connectivity index (χ2v) is 18.8. The molecule has 85 heavy (non-hydrogen) atoms. The molecule has 0 bridgehead atoms. The summed E-state index contributed by atoms with van der Waals surface area (Å²) in [4.78, 5) is 71.9. The number of nitrogens with two attached hydrogens (primary N) is 1. The summed E-state index contributed by atoms with van der Waals surface area (Å²) in [5, 5.41) is 59.4. The quantitative estimate of drug-likeness (QED) is 0.0133. The van der Waals surface area contributed by atoms with Gasteiger partial charge in [0.25, 0.3) is 5.69 Å². The molecule has 0 aliphatic carbocycles. The molecule has 3 rings (SSSR count). The van der Waals surface area contributed by atoms with E-state index in [9.17, 15) is 34.1 Å². The lowest BCUT2D eigenvalue weighted by Gasteiger charge is -2.23. The van der Waals surface area contributed by atoms with E-state index >= 15 is 0 Å². The van der Waals surface area contributed by atoms with E-state index in [0.29, 0.717) is 146 Å². The topological polar surface area (TPSA) is 363 Å². The van der Waals surface area contributed by atoms with E-state index in [0.717, 1.165) is 63.6 Å². The van der Waals surface area contributed by atoms with Gasteiger partial charge in [0, 0.05) is 128 Å². The van der Waals surface area contributed by atoms with Crippen LogP contribution in [0.25, 0.3) is 0 Å². The number of aliphatic hydroxyl groups is 2. The first-order valence-electron chi connectivity index (χ1n) is 29.1.